The van der Waals surface area contributed by atoms with E-state index < -0.39 is 0 Å². The molecule has 0 unspecified atom stereocenters. The number of rotatable bonds is 10. The van der Waals surface area contributed by atoms with Crippen molar-refractivity contribution in [3.8, 4) is 5.75 Å². The topological polar surface area (TPSA) is 55.9 Å². The first-order chi connectivity index (χ1) is 12.7. The minimum absolute atomic E-state index is 0.0669. The van der Waals surface area contributed by atoms with Crippen LogP contribution in [0.4, 0.5) is 5.69 Å². The molecule has 1 aromatic rings. The fourth-order valence-corrected chi connectivity index (χ4v) is 3.28. The molecule has 1 aliphatic rings. The molecule has 0 spiro atoms. The molecule has 2 rings (SSSR count). The monoisotopic (exact) mass is 363 g/mol. The van der Waals surface area contributed by atoms with Crippen molar-refractivity contribution in [1.82, 2.24) is 4.90 Å². The molecule has 2 N–H and O–H groups in total. The number of piperidine rings is 1. The van der Waals surface area contributed by atoms with Crippen molar-refractivity contribution in [3.63, 3.8) is 0 Å². The van der Waals surface area contributed by atoms with E-state index in [1.807, 2.05) is 31.2 Å². The molecule has 1 aliphatic heterocycles. The van der Waals surface area contributed by atoms with E-state index in [-0.39, 0.29) is 12.2 Å². The highest BCUT2D eigenvalue weighted by molar-refractivity contribution is 5.60. The molecule has 5 nitrogen and oxygen atoms in total. The molecule has 1 aromatic carbocycles. The first kappa shape index (κ1) is 20.6. The summed E-state index contributed by atoms with van der Waals surface area (Å²) in [6, 6.07) is 7.64. The van der Waals surface area contributed by atoms with Crippen LogP contribution in [0.5, 0.6) is 5.75 Å². The van der Waals surface area contributed by atoms with Gasteiger partial charge in [-0.25, -0.2) is 0 Å². The number of benzene rings is 1. The zero-order valence-corrected chi connectivity index (χ0v) is 16.4. The van der Waals surface area contributed by atoms with Gasteiger partial charge in [0.05, 0.1) is 6.61 Å². The average Bonchev–Trinajstić information content (AvgIpc) is 2.63. The molecular formula is C21H35N2O3+. The van der Waals surface area contributed by atoms with E-state index in [1.54, 1.807) is 0 Å². The highest BCUT2D eigenvalue weighted by Gasteiger charge is 2.18. The molecule has 0 aromatic heterocycles. The van der Waals surface area contributed by atoms with Gasteiger partial charge in [-0.1, -0.05) is 44.7 Å². The van der Waals surface area contributed by atoms with Gasteiger partial charge in [0.15, 0.2) is 5.75 Å². The third kappa shape index (κ3) is 7.65. The van der Waals surface area contributed by atoms with Crippen molar-refractivity contribution in [2.24, 2.45) is 0 Å². The van der Waals surface area contributed by atoms with Crippen molar-refractivity contribution >= 4 is 11.8 Å². The fourth-order valence-electron chi connectivity index (χ4n) is 3.28. The SMILES string of the molecule is CCCCCCOc1ccccc1[NH+]=C(O)O[C@@H](C)CN1CCCCC1. The highest BCUT2D eigenvalue weighted by atomic mass is 16.6. The predicted molar refractivity (Wildman–Crippen MR) is 105 cm³/mol. The van der Waals surface area contributed by atoms with E-state index in [0.29, 0.717) is 6.61 Å². The smallest absolute Gasteiger partial charge is 0.487 e. The molecule has 146 valence electrons. The Bertz CT molecular complexity index is 542. The Kier molecular flexibility index (Phi) is 9.32. The van der Waals surface area contributed by atoms with Crippen LogP contribution in [-0.4, -0.2) is 48.4 Å². The van der Waals surface area contributed by atoms with E-state index in [4.69, 9.17) is 9.47 Å². The quantitative estimate of drug-likeness (QED) is 0.381. The Morgan fingerprint density at radius 3 is 2.69 bits per heavy atom. The maximum absolute atomic E-state index is 10.2. The van der Waals surface area contributed by atoms with Crippen LogP contribution in [0, 0.1) is 0 Å². The Morgan fingerprint density at radius 1 is 1.15 bits per heavy atom. The van der Waals surface area contributed by atoms with Crippen molar-refractivity contribution in [2.75, 3.05) is 26.2 Å². The number of para-hydroxylation sites is 2. The summed E-state index contributed by atoms with van der Waals surface area (Å²) in [5.74, 6) is 0.739. The summed E-state index contributed by atoms with van der Waals surface area (Å²) < 4.78 is 11.5. The number of hydrogen-bond acceptors (Lipinski definition) is 3. The molecule has 1 fully saturated rings. The number of ether oxygens (including phenoxy) is 2. The Labute approximate surface area is 158 Å². The predicted octanol–water partition coefficient (Wildman–Crippen LogP) is 3.16. The lowest BCUT2D eigenvalue weighted by molar-refractivity contribution is -0.384. The molecule has 0 saturated carbocycles. The minimum atomic E-state index is -0.170. The molecule has 0 amide bonds. The number of hydrogen-bond donors (Lipinski definition) is 2. The largest absolute Gasteiger partial charge is 0.551 e. The Balaban J connectivity index is 1.84. The number of unbranched alkanes of at least 4 members (excludes halogenated alkanes) is 3. The minimum Gasteiger partial charge on any atom is -0.487 e. The first-order valence-corrected chi connectivity index (χ1v) is 10.1. The number of likely N-dealkylation sites (tertiary alicyclic amines) is 1. The van der Waals surface area contributed by atoms with E-state index in [2.05, 4.69) is 16.8 Å². The molecule has 1 saturated heterocycles. The van der Waals surface area contributed by atoms with Crippen molar-refractivity contribution in [3.05, 3.63) is 24.3 Å². The maximum Gasteiger partial charge on any atom is 0.551 e. The van der Waals surface area contributed by atoms with Crippen LogP contribution < -0.4 is 9.73 Å². The van der Waals surface area contributed by atoms with Gasteiger partial charge in [0, 0.05) is 12.6 Å². The second-order valence-electron chi connectivity index (χ2n) is 7.13. The van der Waals surface area contributed by atoms with Gasteiger partial charge in [0.25, 0.3) is 5.69 Å². The Hall–Kier alpha value is -1.75. The zero-order valence-electron chi connectivity index (χ0n) is 16.4. The summed E-state index contributed by atoms with van der Waals surface area (Å²) in [7, 11) is 0. The van der Waals surface area contributed by atoms with Crippen molar-refractivity contribution in [2.45, 2.75) is 64.9 Å². The van der Waals surface area contributed by atoms with Gasteiger partial charge in [-0.05, 0) is 45.3 Å². The van der Waals surface area contributed by atoms with Crippen LogP contribution in [0.2, 0.25) is 0 Å². The fraction of sp³-hybridized carbons (Fsp3) is 0.667. The summed E-state index contributed by atoms with van der Waals surface area (Å²) in [4.78, 5) is 5.33. The van der Waals surface area contributed by atoms with Gasteiger partial charge in [0.2, 0.25) is 0 Å². The second kappa shape index (κ2) is 11.8. The van der Waals surface area contributed by atoms with Crippen molar-refractivity contribution < 1.29 is 19.6 Å². The van der Waals surface area contributed by atoms with Crippen molar-refractivity contribution in [1.29, 1.82) is 0 Å². The van der Waals surface area contributed by atoms with Gasteiger partial charge in [-0.2, -0.15) is 0 Å². The number of aliphatic hydroxyl groups excluding tert-OH is 1. The summed E-state index contributed by atoms with van der Waals surface area (Å²) in [5.41, 5.74) is 0.727. The lowest BCUT2D eigenvalue weighted by Crippen LogP contribution is -2.67. The molecule has 1 heterocycles. The molecule has 26 heavy (non-hydrogen) atoms. The van der Waals surface area contributed by atoms with Crippen LogP contribution in [0.1, 0.15) is 58.8 Å². The summed E-state index contributed by atoms with van der Waals surface area (Å²) >= 11 is 0. The van der Waals surface area contributed by atoms with Crippen LogP contribution >= 0.6 is 0 Å². The average molecular weight is 364 g/mol. The zero-order chi connectivity index (χ0) is 18.6. The van der Waals surface area contributed by atoms with Crippen LogP contribution in [-0.2, 0) is 4.74 Å². The number of aliphatic hydroxyl groups is 1. The normalized spacial score (nSPS) is 17.1. The number of nitrogens with zero attached hydrogens (tertiary/aromatic N) is 1. The molecule has 1 atom stereocenters. The van der Waals surface area contributed by atoms with E-state index in [1.165, 1.54) is 38.5 Å². The van der Waals surface area contributed by atoms with E-state index in [9.17, 15) is 5.11 Å². The first-order valence-electron chi connectivity index (χ1n) is 10.1. The van der Waals surface area contributed by atoms with E-state index in [0.717, 1.165) is 37.5 Å². The van der Waals surface area contributed by atoms with Gasteiger partial charge in [-0.15, -0.1) is 4.99 Å². The molecule has 0 radical (unpaired) electrons. The summed E-state index contributed by atoms with van der Waals surface area (Å²) in [6.07, 6.45) is 8.27. The maximum atomic E-state index is 10.2. The highest BCUT2D eigenvalue weighted by Crippen LogP contribution is 2.19. The molecule has 5 heteroatoms. The third-order valence-corrected chi connectivity index (χ3v) is 4.66. The lowest BCUT2D eigenvalue weighted by Gasteiger charge is -2.28. The van der Waals surface area contributed by atoms with Crippen LogP contribution in [0.25, 0.3) is 0 Å². The van der Waals surface area contributed by atoms with Gasteiger partial charge < -0.3 is 14.6 Å². The second-order valence-corrected chi connectivity index (χ2v) is 7.13. The summed E-state index contributed by atoms with van der Waals surface area (Å²) in [6.45, 7) is 7.95. The molecular weight excluding hydrogens is 328 g/mol. The van der Waals surface area contributed by atoms with Crippen LogP contribution in [0.15, 0.2) is 24.3 Å². The Morgan fingerprint density at radius 2 is 1.92 bits per heavy atom. The summed E-state index contributed by atoms with van der Waals surface area (Å²) in [5, 5.41) is 10.2. The standard InChI is InChI=1S/C21H34N2O3/c1-3-4-5-11-16-25-20-13-8-7-12-19(20)22-21(24)26-18(2)17-23-14-9-6-10-15-23/h7-8,12-13,18H,3-6,9-11,14-17H2,1-2H3,(H,22,24)/p+1/t18-/m0/s1. The molecule has 0 aliphatic carbocycles. The lowest BCUT2D eigenvalue weighted by atomic mass is 10.1. The van der Waals surface area contributed by atoms with Gasteiger partial charge in [0.1, 0.15) is 6.10 Å². The van der Waals surface area contributed by atoms with Crippen LogP contribution in [0.3, 0.4) is 0 Å². The van der Waals surface area contributed by atoms with Gasteiger partial charge in [-0.3, -0.25) is 4.90 Å². The number of nitrogens with one attached hydrogen (secondary N) is 1. The van der Waals surface area contributed by atoms with E-state index >= 15 is 0 Å². The van der Waals surface area contributed by atoms with Gasteiger partial charge >= 0.3 is 6.08 Å². The third-order valence-electron chi connectivity index (χ3n) is 4.66. The molecule has 0 bridgehead atoms.